The van der Waals surface area contributed by atoms with E-state index in [2.05, 4.69) is 13.0 Å². The van der Waals surface area contributed by atoms with Crippen LogP contribution in [0.1, 0.15) is 96.8 Å². The third-order valence-corrected chi connectivity index (χ3v) is 4.65. The maximum atomic E-state index is 11.8. The number of allylic oxidation sites excluding steroid dienone is 1. The highest BCUT2D eigenvalue weighted by Crippen LogP contribution is 2.12. The first-order chi connectivity index (χ1) is 10.8. The quantitative estimate of drug-likeness (QED) is 0.308. The first kappa shape index (κ1) is 19.3. The van der Waals surface area contributed by atoms with Crippen molar-refractivity contribution in [3.63, 3.8) is 0 Å². The molecule has 1 aliphatic rings. The van der Waals surface area contributed by atoms with Gasteiger partial charge in [-0.25, -0.2) is 0 Å². The Morgan fingerprint density at radius 3 is 1.86 bits per heavy atom. The molecule has 0 aliphatic carbocycles. The summed E-state index contributed by atoms with van der Waals surface area (Å²) in [5.41, 5.74) is 0. The van der Waals surface area contributed by atoms with Crippen LogP contribution in [0, 0.1) is 0 Å². The van der Waals surface area contributed by atoms with Crippen molar-refractivity contribution < 1.29 is 4.79 Å². The van der Waals surface area contributed by atoms with Gasteiger partial charge in [0, 0.05) is 13.1 Å². The van der Waals surface area contributed by atoms with Crippen LogP contribution in [-0.2, 0) is 4.79 Å². The van der Waals surface area contributed by atoms with E-state index < -0.39 is 0 Å². The molecule has 1 fully saturated rings. The molecule has 1 heterocycles. The van der Waals surface area contributed by atoms with Crippen molar-refractivity contribution in [2.75, 3.05) is 13.1 Å². The fraction of sp³-hybridized carbons (Fsp3) is 0.850. The first-order valence-corrected chi connectivity index (χ1v) is 9.80. The Balaban J connectivity index is 1.80. The number of nitrogens with zero attached hydrogens (tertiary/aromatic N) is 1. The molecule has 0 unspecified atom stereocenters. The fourth-order valence-corrected chi connectivity index (χ4v) is 3.15. The third-order valence-electron chi connectivity index (χ3n) is 4.65. The van der Waals surface area contributed by atoms with Crippen molar-refractivity contribution in [3.8, 4) is 0 Å². The first-order valence-electron chi connectivity index (χ1n) is 9.80. The zero-order valence-electron chi connectivity index (χ0n) is 14.8. The number of carbonyl (C=O) groups is 1. The van der Waals surface area contributed by atoms with Crippen molar-refractivity contribution in [3.05, 3.63) is 12.2 Å². The Morgan fingerprint density at radius 1 is 0.818 bits per heavy atom. The molecule has 22 heavy (non-hydrogen) atoms. The van der Waals surface area contributed by atoms with Crippen LogP contribution >= 0.6 is 0 Å². The van der Waals surface area contributed by atoms with Crippen LogP contribution in [0.15, 0.2) is 12.2 Å². The van der Waals surface area contributed by atoms with Crippen molar-refractivity contribution in [1.82, 2.24) is 4.90 Å². The Kier molecular flexibility index (Phi) is 12.1. The van der Waals surface area contributed by atoms with Crippen LogP contribution < -0.4 is 0 Å². The van der Waals surface area contributed by atoms with Crippen LogP contribution in [0.25, 0.3) is 0 Å². The second-order valence-corrected chi connectivity index (χ2v) is 6.76. The summed E-state index contributed by atoms with van der Waals surface area (Å²) in [5.74, 6) is 0.223. The van der Waals surface area contributed by atoms with E-state index in [-0.39, 0.29) is 5.91 Å². The Bertz CT molecular complexity index is 292. The molecule has 2 nitrogen and oxygen atoms in total. The van der Waals surface area contributed by atoms with Crippen molar-refractivity contribution in [2.45, 2.75) is 96.8 Å². The molecule has 1 amide bonds. The molecule has 1 saturated heterocycles. The van der Waals surface area contributed by atoms with Crippen molar-refractivity contribution >= 4 is 5.91 Å². The molecule has 0 N–H and O–H groups in total. The van der Waals surface area contributed by atoms with E-state index in [0.29, 0.717) is 0 Å². The van der Waals surface area contributed by atoms with Gasteiger partial charge in [0.25, 0.3) is 0 Å². The second kappa shape index (κ2) is 13.8. The summed E-state index contributed by atoms with van der Waals surface area (Å²) in [5, 5.41) is 0. The van der Waals surface area contributed by atoms with E-state index in [9.17, 15) is 4.79 Å². The summed E-state index contributed by atoms with van der Waals surface area (Å²) in [7, 11) is 0. The van der Waals surface area contributed by atoms with Gasteiger partial charge in [0.15, 0.2) is 0 Å². The molecule has 0 saturated carbocycles. The van der Waals surface area contributed by atoms with Gasteiger partial charge in [-0.1, -0.05) is 77.2 Å². The lowest BCUT2D eigenvalue weighted by atomic mass is 10.1. The summed E-state index contributed by atoms with van der Waals surface area (Å²) in [6.45, 7) is 4.20. The Labute approximate surface area is 138 Å². The smallest absolute Gasteiger partial charge is 0.246 e. The molecule has 0 radical (unpaired) electrons. The van der Waals surface area contributed by atoms with Gasteiger partial charge in [-0.2, -0.15) is 0 Å². The van der Waals surface area contributed by atoms with Crippen LogP contribution in [0.2, 0.25) is 0 Å². The molecule has 0 aromatic rings. The summed E-state index contributed by atoms with van der Waals surface area (Å²) in [4.78, 5) is 13.8. The second-order valence-electron chi connectivity index (χ2n) is 6.76. The van der Waals surface area contributed by atoms with E-state index in [4.69, 9.17) is 0 Å². The minimum Gasteiger partial charge on any atom is -0.339 e. The highest BCUT2D eigenvalue weighted by molar-refractivity contribution is 5.87. The number of hydrogen-bond acceptors (Lipinski definition) is 1. The maximum Gasteiger partial charge on any atom is 0.246 e. The number of hydrogen-bond donors (Lipinski definition) is 0. The van der Waals surface area contributed by atoms with E-state index in [0.717, 1.165) is 19.5 Å². The van der Waals surface area contributed by atoms with Crippen molar-refractivity contribution in [1.29, 1.82) is 0 Å². The highest BCUT2D eigenvalue weighted by atomic mass is 16.2. The molecule has 1 aliphatic heterocycles. The Morgan fingerprint density at radius 2 is 1.32 bits per heavy atom. The minimum atomic E-state index is 0.223. The van der Waals surface area contributed by atoms with Crippen molar-refractivity contribution in [2.24, 2.45) is 0 Å². The number of rotatable bonds is 13. The summed E-state index contributed by atoms with van der Waals surface area (Å²) < 4.78 is 0. The third kappa shape index (κ3) is 10.0. The molecule has 1 rings (SSSR count). The minimum absolute atomic E-state index is 0.223. The molecular formula is C20H37NO. The topological polar surface area (TPSA) is 20.3 Å². The van der Waals surface area contributed by atoms with Gasteiger partial charge in [0.05, 0.1) is 0 Å². The fourth-order valence-electron chi connectivity index (χ4n) is 3.15. The lowest BCUT2D eigenvalue weighted by Gasteiger charge is -2.11. The standard InChI is InChI=1S/C20H37NO/c1-2-3-4-5-6-7-8-9-10-11-12-13-14-17-20(22)21-18-15-16-19-21/h14,17H,2-13,15-16,18-19H2,1H3/b17-14+. The summed E-state index contributed by atoms with van der Waals surface area (Å²) >= 11 is 0. The van der Waals surface area contributed by atoms with Crippen LogP contribution in [0.3, 0.4) is 0 Å². The zero-order valence-corrected chi connectivity index (χ0v) is 14.8. The predicted octanol–water partition coefficient (Wildman–Crippen LogP) is 5.87. The monoisotopic (exact) mass is 307 g/mol. The van der Waals surface area contributed by atoms with Gasteiger partial charge in [-0.3, -0.25) is 4.79 Å². The molecule has 0 atom stereocenters. The maximum absolute atomic E-state index is 11.8. The lowest BCUT2D eigenvalue weighted by Crippen LogP contribution is -2.25. The van der Waals surface area contributed by atoms with E-state index in [1.165, 1.54) is 83.5 Å². The van der Waals surface area contributed by atoms with Crippen LogP contribution in [0.4, 0.5) is 0 Å². The zero-order chi connectivity index (χ0) is 15.9. The summed E-state index contributed by atoms with van der Waals surface area (Å²) in [6, 6.07) is 0. The summed E-state index contributed by atoms with van der Waals surface area (Å²) in [6.07, 6.45) is 22.5. The number of amides is 1. The van der Waals surface area contributed by atoms with E-state index in [1.807, 2.05) is 4.90 Å². The molecule has 2 heteroatoms. The molecule has 0 aromatic heterocycles. The Hall–Kier alpha value is -0.790. The normalized spacial score (nSPS) is 15.0. The SMILES string of the molecule is CCCCCCCCCCCCC/C=C/C(=O)N1CCCC1. The molecular weight excluding hydrogens is 270 g/mol. The van der Waals surface area contributed by atoms with Gasteiger partial charge in [-0.15, -0.1) is 0 Å². The lowest BCUT2D eigenvalue weighted by molar-refractivity contribution is -0.125. The average Bonchev–Trinajstić information content (AvgIpc) is 3.06. The largest absolute Gasteiger partial charge is 0.339 e. The van der Waals surface area contributed by atoms with E-state index >= 15 is 0 Å². The number of unbranched alkanes of at least 4 members (excludes halogenated alkanes) is 11. The predicted molar refractivity (Wildman–Crippen MR) is 96.0 cm³/mol. The van der Waals surface area contributed by atoms with Gasteiger partial charge in [0.1, 0.15) is 0 Å². The van der Waals surface area contributed by atoms with Crippen LogP contribution in [-0.4, -0.2) is 23.9 Å². The molecule has 128 valence electrons. The van der Waals surface area contributed by atoms with Crippen LogP contribution in [0.5, 0.6) is 0 Å². The average molecular weight is 308 g/mol. The molecule has 0 aromatic carbocycles. The molecule has 0 spiro atoms. The molecule has 0 bridgehead atoms. The van der Waals surface area contributed by atoms with Gasteiger partial charge < -0.3 is 4.90 Å². The van der Waals surface area contributed by atoms with E-state index in [1.54, 1.807) is 6.08 Å². The van der Waals surface area contributed by atoms with Gasteiger partial charge >= 0.3 is 0 Å². The number of carbonyl (C=O) groups excluding carboxylic acids is 1. The van der Waals surface area contributed by atoms with Gasteiger partial charge in [-0.05, 0) is 31.8 Å². The highest BCUT2D eigenvalue weighted by Gasteiger charge is 2.14. The van der Waals surface area contributed by atoms with Gasteiger partial charge in [0.2, 0.25) is 5.91 Å². The number of likely N-dealkylation sites (tertiary alicyclic amines) is 1.